The summed E-state index contributed by atoms with van der Waals surface area (Å²) in [6.07, 6.45) is 3.21. The smallest absolute Gasteiger partial charge is 0.245 e. The number of nitrogens with one attached hydrogen (secondary N) is 4. The van der Waals surface area contributed by atoms with Crippen LogP contribution in [-0.4, -0.2) is 90.2 Å². The molecule has 5 amide bonds. The molecule has 2 heterocycles. The Labute approximate surface area is 216 Å². The monoisotopic (exact) mass is 523 g/mol. The van der Waals surface area contributed by atoms with Gasteiger partial charge in [0, 0.05) is 13.1 Å². The second-order valence-electron chi connectivity index (χ2n) is 9.51. The van der Waals surface area contributed by atoms with Gasteiger partial charge in [0.1, 0.15) is 30.2 Å². The highest BCUT2D eigenvalue weighted by molar-refractivity contribution is 5.97. The van der Waals surface area contributed by atoms with E-state index in [-0.39, 0.29) is 18.9 Å². The van der Waals surface area contributed by atoms with Crippen molar-refractivity contribution < 1.29 is 24.0 Å². The minimum absolute atomic E-state index is 0.0802. The van der Waals surface area contributed by atoms with Gasteiger partial charge in [0.05, 0.1) is 0 Å². The van der Waals surface area contributed by atoms with Crippen molar-refractivity contribution in [2.24, 2.45) is 22.2 Å². The fraction of sp³-hybridized carbons (Fsp3) is 0.739. The first-order valence-corrected chi connectivity index (χ1v) is 12.8. The first-order chi connectivity index (χ1) is 17.5. The van der Waals surface area contributed by atoms with Gasteiger partial charge in [-0.25, -0.2) is 0 Å². The molecule has 0 bridgehead atoms. The summed E-state index contributed by atoms with van der Waals surface area (Å²) in [7, 11) is 0. The average Bonchev–Trinajstić information content (AvgIpc) is 3.34. The van der Waals surface area contributed by atoms with Crippen molar-refractivity contribution in [1.82, 2.24) is 26.2 Å². The molecule has 5 atom stereocenters. The van der Waals surface area contributed by atoms with Gasteiger partial charge in [-0.1, -0.05) is 0 Å². The van der Waals surface area contributed by atoms with E-state index in [0.717, 1.165) is 0 Å². The number of fused-ring (bicyclic) bond motifs is 1. The third-order valence-corrected chi connectivity index (χ3v) is 6.48. The highest BCUT2D eigenvalue weighted by Crippen LogP contribution is 2.20. The van der Waals surface area contributed by atoms with Crippen LogP contribution in [0.25, 0.3) is 0 Å². The van der Waals surface area contributed by atoms with E-state index >= 15 is 0 Å². The van der Waals surface area contributed by atoms with Gasteiger partial charge >= 0.3 is 0 Å². The molecule has 37 heavy (non-hydrogen) atoms. The minimum atomic E-state index is -0.980. The number of aliphatic imine (C=N–C) groups is 1. The molecule has 0 aromatic carbocycles. The summed E-state index contributed by atoms with van der Waals surface area (Å²) in [6, 6.07) is -4.56. The Balaban J connectivity index is 2.32. The third-order valence-electron chi connectivity index (χ3n) is 6.48. The Kier molecular flexibility index (Phi) is 11.6. The molecule has 2 saturated heterocycles. The molecule has 2 aliphatic rings. The Morgan fingerprint density at radius 2 is 1.43 bits per heavy atom. The van der Waals surface area contributed by atoms with Crippen LogP contribution in [0, 0.1) is 0 Å². The maximum absolute atomic E-state index is 13.5. The molecular formula is C23H41N9O5. The number of hydrogen-bond donors (Lipinski definition) is 7. The standard InChI is InChI=1S/C23H41N9O5/c1-13-19(34)31-16(8-5-11-27-23(25)26)22(37)32-12-6-9-17(32)21(36)29-14(2)18(33)30-15(20(35)28-13)7-3-4-10-24/h13-17H,3-12,24H2,1-2H3,(H,28,35)(H,29,36)(H,30,33)(H,31,34)(H4,25,26,27)/t13-,14-,15-,16-,17-/m0/s1. The highest BCUT2D eigenvalue weighted by atomic mass is 16.2. The number of amides is 5. The summed E-state index contributed by atoms with van der Waals surface area (Å²) in [5.41, 5.74) is 16.3. The molecule has 2 rings (SSSR count). The molecule has 208 valence electrons. The number of nitrogens with two attached hydrogens (primary N) is 3. The first kappa shape index (κ1) is 29.8. The molecule has 0 aromatic heterocycles. The lowest BCUT2D eigenvalue weighted by molar-refractivity contribution is -0.142. The van der Waals surface area contributed by atoms with Gasteiger partial charge in [0.2, 0.25) is 29.5 Å². The van der Waals surface area contributed by atoms with Gasteiger partial charge < -0.3 is 43.4 Å². The van der Waals surface area contributed by atoms with Gasteiger partial charge in [-0.15, -0.1) is 0 Å². The fourth-order valence-electron chi connectivity index (χ4n) is 4.37. The fourth-order valence-corrected chi connectivity index (χ4v) is 4.37. The van der Waals surface area contributed by atoms with Crippen molar-refractivity contribution in [2.75, 3.05) is 19.6 Å². The SMILES string of the molecule is C[C@@H]1NC(=O)[C@H](CCCCN)NC(=O)[C@H](C)NC(=O)[C@@H]2CCCN2C(=O)[C@H](CCCN=C(N)N)NC1=O. The predicted molar refractivity (Wildman–Crippen MR) is 137 cm³/mol. The molecule has 14 heteroatoms. The van der Waals surface area contributed by atoms with Crippen LogP contribution in [0.4, 0.5) is 0 Å². The van der Waals surface area contributed by atoms with E-state index in [1.165, 1.54) is 18.7 Å². The zero-order valence-electron chi connectivity index (χ0n) is 21.6. The summed E-state index contributed by atoms with van der Waals surface area (Å²) in [4.78, 5) is 70.6. The first-order valence-electron chi connectivity index (χ1n) is 12.8. The second-order valence-corrected chi connectivity index (χ2v) is 9.51. The number of carbonyl (C=O) groups is 5. The molecule has 0 aromatic rings. The van der Waals surface area contributed by atoms with E-state index in [1.54, 1.807) is 0 Å². The molecule has 0 unspecified atom stereocenters. The lowest BCUT2D eigenvalue weighted by atomic mass is 10.1. The van der Waals surface area contributed by atoms with E-state index in [4.69, 9.17) is 17.2 Å². The molecule has 0 radical (unpaired) electrons. The molecule has 0 spiro atoms. The van der Waals surface area contributed by atoms with Gasteiger partial charge in [-0.3, -0.25) is 29.0 Å². The van der Waals surface area contributed by atoms with Gasteiger partial charge in [0.25, 0.3) is 0 Å². The molecule has 0 aliphatic carbocycles. The Morgan fingerprint density at radius 1 is 0.838 bits per heavy atom. The summed E-state index contributed by atoms with van der Waals surface area (Å²) in [5, 5.41) is 10.7. The summed E-state index contributed by atoms with van der Waals surface area (Å²) in [6.45, 7) is 4.05. The quantitative estimate of drug-likeness (QED) is 0.0992. The van der Waals surface area contributed by atoms with E-state index < -0.39 is 59.7 Å². The number of carbonyl (C=O) groups excluding carboxylic acids is 5. The predicted octanol–water partition coefficient (Wildman–Crippen LogP) is -2.85. The van der Waals surface area contributed by atoms with E-state index in [2.05, 4.69) is 26.3 Å². The molecule has 2 aliphatic heterocycles. The van der Waals surface area contributed by atoms with Crippen LogP contribution < -0.4 is 38.5 Å². The maximum atomic E-state index is 13.5. The number of guanidine groups is 1. The Morgan fingerprint density at radius 3 is 2.05 bits per heavy atom. The van der Waals surface area contributed by atoms with E-state index in [1.807, 2.05) is 0 Å². The topological polar surface area (TPSA) is 227 Å². The summed E-state index contributed by atoms with van der Waals surface area (Å²) < 4.78 is 0. The molecular weight excluding hydrogens is 482 g/mol. The minimum Gasteiger partial charge on any atom is -0.370 e. The van der Waals surface area contributed by atoms with Crippen LogP contribution >= 0.6 is 0 Å². The molecule has 0 saturated carbocycles. The van der Waals surface area contributed by atoms with Crippen LogP contribution in [0.1, 0.15) is 58.8 Å². The maximum Gasteiger partial charge on any atom is 0.245 e. The van der Waals surface area contributed by atoms with Crippen LogP contribution in [-0.2, 0) is 24.0 Å². The van der Waals surface area contributed by atoms with Crippen LogP contribution in [0.3, 0.4) is 0 Å². The summed E-state index contributed by atoms with van der Waals surface area (Å²) in [5.74, 6) is -2.61. The number of nitrogens with zero attached hydrogens (tertiary/aromatic N) is 2. The lowest BCUT2D eigenvalue weighted by Gasteiger charge is -2.29. The van der Waals surface area contributed by atoms with Crippen LogP contribution in [0.15, 0.2) is 4.99 Å². The van der Waals surface area contributed by atoms with Gasteiger partial charge in [-0.2, -0.15) is 0 Å². The van der Waals surface area contributed by atoms with E-state index in [9.17, 15) is 24.0 Å². The summed E-state index contributed by atoms with van der Waals surface area (Å²) >= 11 is 0. The Bertz CT molecular complexity index is 877. The average molecular weight is 524 g/mol. The normalized spacial score (nSPS) is 27.7. The van der Waals surface area contributed by atoms with Gasteiger partial charge in [0.15, 0.2) is 5.96 Å². The number of rotatable bonds is 8. The van der Waals surface area contributed by atoms with Crippen LogP contribution in [0.2, 0.25) is 0 Å². The van der Waals surface area contributed by atoms with Crippen molar-refractivity contribution in [2.45, 2.75) is 89.0 Å². The van der Waals surface area contributed by atoms with Crippen molar-refractivity contribution in [1.29, 1.82) is 0 Å². The van der Waals surface area contributed by atoms with E-state index in [0.29, 0.717) is 51.6 Å². The van der Waals surface area contributed by atoms with Crippen molar-refractivity contribution in [3.8, 4) is 0 Å². The second kappa shape index (κ2) is 14.4. The van der Waals surface area contributed by atoms with Crippen molar-refractivity contribution in [3.05, 3.63) is 0 Å². The zero-order chi connectivity index (χ0) is 27.5. The number of hydrogen-bond acceptors (Lipinski definition) is 7. The Hall–Kier alpha value is -3.42. The molecule has 2 fully saturated rings. The van der Waals surface area contributed by atoms with Crippen molar-refractivity contribution >= 4 is 35.5 Å². The zero-order valence-corrected chi connectivity index (χ0v) is 21.6. The lowest BCUT2D eigenvalue weighted by Crippen LogP contribution is -2.56. The molecule has 10 N–H and O–H groups in total. The highest BCUT2D eigenvalue weighted by Gasteiger charge is 2.39. The number of unbranched alkanes of at least 4 members (excludes halogenated alkanes) is 1. The molecule has 14 nitrogen and oxygen atoms in total. The van der Waals surface area contributed by atoms with Crippen molar-refractivity contribution in [3.63, 3.8) is 0 Å². The third kappa shape index (κ3) is 8.88. The largest absolute Gasteiger partial charge is 0.370 e. The van der Waals surface area contributed by atoms with Gasteiger partial charge in [-0.05, 0) is 65.3 Å². The van der Waals surface area contributed by atoms with Crippen LogP contribution in [0.5, 0.6) is 0 Å².